The summed E-state index contributed by atoms with van der Waals surface area (Å²) in [7, 11) is 0. The van der Waals surface area contributed by atoms with Crippen LogP contribution in [0.2, 0.25) is 0 Å². The summed E-state index contributed by atoms with van der Waals surface area (Å²) in [6, 6.07) is 0. The van der Waals surface area contributed by atoms with Gasteiger partial charge in [-0.3, -0.25) is 0 Å². The molecule has 0 aromatic heterocycles. The maximum absolute atomic E-state index is 10.1. The topological polar surface area (TPSA) is 32.3 Å². The van der Waals surface area contributed by atoms with E-state index < -0.39 is 5.60 Å². The molecular weight excluding hydrogens is 162 g/mol. The van der Waals surface area contributed by atoms with Crippen LogP contribution in [0.3, 0.4) is 0 Å². The Hall–Kier alpha value is -0.520. The molecule has 1 rings (SSSR count). The molecule has 1 heterocycles. The fraction of sp³-hybridized carbons (Fsp3) is 0.818. The number of terminal acetylenes is 1. The Bertz CT molecular complexity index is 187. The summed E-state index contributed by atoms with van der Waals surface area (Å²) in [6.07, 6.45) is 8.73. The Morgan fingerprint density at radius 3 is 2.69 bits per heavy atom. The largest absolute Gasteiger partial charge is 0.390 e. The fourth-order valence-electron chi connectivity index (χ4n) is 1.97. The van der Waals surface area contributed by atoms with Gasteiger partial charge in [0, 0.05) is 6.42 Å². The normalized spacial score (nSPS) is 23.5. The zero-order valence-electron chi connectivity index (χ0n) is 8.34. The van der Waals surface area contributed by atoms with Crippen molar-refractivity contribution in [2.75, 3.05) is 13.1 Å². The maximum Gasteiger partial charge on any atom is 0.0657 e. The standard InChI is InChI=1S/C11H19NO/c1-3-4-7-11(2,13)10-5-8-12-9-6-10/h1,10,12-13H,4-9H2,2H3. The molecule has 1 fully saturated rings. The molecule has 1 atom stereocenters. The second kappa shape index (κ2) is 4.64. The summed E-state index contributed by atoms with van der Waals surface area (Å²) >= 11 is 0. The van der Waals surface area contributed by atoms with Gasteiger partial charge in [-0.05, 0) is 45.2 Å². The van der Waals surface area contributed by atoms with Crippen molar-refractivity contribution in [3.05, 3.63) is 0 Å². The molecule has 0 saturated carbocycles. The summed E-state index contributed by atoms with van der Waals surface area (Å²) in [5.41, 5.74) is -0.561. The lowest BCUT2D eigenvalue weighted by Crippen LogP contribution is -2.41. The minimum absolute atomic E-state index is 0.419. The molecular formula is C11H19NO. The molecule has 13 heavy (non-hydrogen) atoms. The quantitative estimate of drug-likeness (QED) is 0.640. The summed E-state index contributed by atoms with van der Waals surface area (Å²) < 4.78 is 0. The van der Waals surface area contributed by atoms with Gasteiger partial charge in [0.2, 0.25) is 0 Å². The van der Waals surface area contributed by atoms with Gasteiger partial charge in [-0.2, -0.15) is 0 Å². The molecule has 2 heteroatoms. The van der Waals surface area contributed by atoms with Crippen LogP contribution < -0.4 is 5.32 Å². The third-order valence-electron chi connectivity index (χ3n) is 2.99. The summed E-state index contributed by atoms with van der Waals surface area (Å²) in [5.74, 6) is 3.01. The molecule has 0 spiro atoms. The molecule has 0 aromatic carbocycles. The van der Waals surface area contributed by atoms with E-state index in [1.807, 2.05) is 6.92 Å². The van der Waals surface area contributed by atoms with Gasteiger partial charge in [0.1, 0.15) is 0 Å². The van der Waals surface area contributed by atoms with Crippen molar-refractivity contribution >= 4 is 0 Å². The van der Waals surface area contributed by atoms with Crippen molar-refractivity contribution in [2.45, 2.75) is 38.2 Å². The van der Waals surface area contributed by atoms with E-state index in [0.717, 1.165) is 32.4 Å². The van der Waals surface area contributed by atoms with Crippen LogP contribution in [0.1, 0.15) is 32.6 Å². The molecule has 1 aliphatic rings. The van der Waals surface area contributed by atoms with E-state index >= 15 is 0 Å². The number of nitrogens with one attached hydrogen (secondary N) is 1. The zero-order valence-corrected chi connectivity index (χ0v) is 8.34. The van der Waals surface area contributed by atoms with Crippen molar-refractivity contribution in [1.82, 2.24) is 5.32 Å². The van der Waals surface area contributed by atoms with E-state index in [2.05, 4.69) is 11.2 Å². The first-order valence-electron chi connectivity index (χ1n) is 5.03. The molecule has 0 radical (unpaired) electrons. The van der Waals surface area contributed by atoms with Crippen molar-refractivity contribution in [3.63, 3.8) is 0 Å². The van der Waals surface area contributed by atoms with E-state index in [1.54, 1.807) is 0 Å². The van der Waals surface area contributed by atoms with Gasteiger partial charge in [-0.25, -0.2) is 0 Å². The van der Waals surface area contributed by atoms with E-state index in [9.17, 15) is 5.11 Å². The molecule has 0 aliphatic carbocycles. The highest BCUT2D eigenvalue weighted by molar-refractivity contribution is 4.91. The van der Waals surface area contributed by atoms with Crippen LogP contribution in [0.4, 0.5) is 0 Å². The minimum atomic E-state index is -0.561. The van der Waals surface area contributed by atoms with Gasteiger partial charge >= 0.3 is 0 Å². The number of hydrogen-bond donors (Lipinski definition) is 2. The molecule has 1 unspecified atom stereocenters. The first-order chi connectivity index (χ1) is 6.17. The molecule has 2 N–H and O–H groups in total. The summed E-state index contributed by atoms with van der Waals surface area (Å²) in [4.78, 5) is 0. The van der Waals surface area contributed by atoms with Crippen molar-refractivity contribution in [2.24, 2.45) is 5.92 Å². The van der Waals surface area contributed by atoms with Crippen LogP contribution in [0, 0.1) is 18.3 Å². The smallest absolute Gasteiger partial charge is 0.0657 e. The molecule has 0 bridgehead atoms. The third kappa shape index (κ3) is 3.02. The number of hydrogen-bond acceptors (Lipinski definition) is 2. The minimum Gasteiger partial charge on any atom is -0.390 e. The Labute approximate surface area is 80.7 Å². The van der Waals surface area contributed by atoms with Crippen LogP contribution in [0.15, 0.2) is 0 Å². The van der Waals surface area contributed by atoms with Crippen LogP contribution in [-0.4, -0.2) is 23.8 Å². The average Bonchev–Trinajstić information content (AvgIpc) is 2.16. The van der Waals surface area contributed by atoms with Gasteiger partial charge in [-0.1, -0.05) is 0 Å². The van der Waals surface area contributed by atoms with E-state index in [1.165, 1.54) is 0 Å². The van der Waals surface area contributed by atoms with Crippen molar-refractivity contribution < 1.29 is 5.11 Å². The lowest BCUT2D eigenvalue weighted by molar-refractivity contribution is -0.0195. The molecule has 74 valence electrons. The summed E-state index contributed by atoms with van der Waals surface area (Å²) in [6.45, 7) is 3.97. The van der Waals surface area contributed by atoms with Crippen LogP contribution in [-0.2, 0) is 0 Å². The number of piperidine rings is 1. The van der Waals surface area contributed by atoms with Gasteiger partial charge in [-0.15, -0.1) is 12.3 Å². The van der Waals surface area contributed by atoms with Crippen LogP contribution in [0.5, 0.6) is 0 Å². The lowest BCUT2D eigenvalue weighted by atomic mass is 9.79. The Balaban J connectivity index is 2.42. The predicted molar refractivity (Wildman–Crippen MR) is 54.3 cm³/mol. The van der Waals surface area contributed by atoms with Gasteiger partial charge in [0.25, 0.3) is 0 Å². The number of rotatable bonds is 3. The first kappa shape index (κ1) is 10.6. The van der Waals surface area contributed by atoms with Gasteiger partial charge in [0.15, 0.2) is 0 Å². The van der Waals surface area contributed by atoms with Crippen LogP contribution >= 0.6 is 0 Å². The highest BCUT2D eigenvalue weighted by Gasteiger charge is 2.31. The second-order valence-electron chi connectivity index (χ2n) is 4.09. The van der Waals surface area contributed by atoms with E-state index in [-0.39, 0.29) is 0 Å². The Morgan fingerprint density at radius 2 is 2.15 bits per heavy atom. The van der Waals surface area contributed by atoms with Gasteiger partial charge in [0.05, 0.1) is 5.60 Å². The SMILES string of the molecule is C#CCCC(C)(O)C1CCNCC1. The Morgan fingerprint density at radius 1 is 1.54 bits per heavy atom. The fourth-order valence-corrected chi connectivity index (χ4v) is 1.97. The van der Waals surface area contributed by atoms with Crippen molar-refractivity contribution in [1.29, 1.82) is 0 Å². The maximum atomic E-state index is 10.1. The predicted octanol–water partition coefficient (Wildman–Crippen LogP) is 1.15. The Kier molecular flexibility index (Phi) is 3.77. The van der Waals surface area contributed by atoms with E-state index in [0.29, 0.717) is 12.3 Å². The molecule has 1 aliphatic heterocycles. The highest BCUT2D eigenvalue weighted by Crippen LogP contribution is 2.29. The van der Waals surface area contributed by atoms with E-state index in [4.69, 9.17) is 6.42 Å². The monoisotopic (exact) mass is 181 g/mol. The number of aliphatic hydroxyl groups is 1. The first-order valence-corrected chi connectivity index (χ1v) is 5.03. The highest BCUT2D eigenvalue weighted by atomic mass is 16.3. The molecule has 2 nitrogen and oxygen atoms in total. The third-order valence-corrected chi connectivity index (χ3v) is 2.99. The van der Waals surface area contributed by atoms with Crippen molar-refractivity contribution in [3.8, 4) is 12.3 Å². The molecule has 0 aromatic rings. The zero-order chi connectivity index (χ0) is 9.73. The molecule has 0 amide bonds. The molecule has 1 saturated heterocycles. The lowest BCUT2D eigenvalue weighted by Gasteiger charge is -2.35. The average molecular weight is 181 g/mol. The van der Waals surface area contributed by atoms with Crippen LogP contribution in [0.25, 0.3) is 0 Å². The summed E-state index contributed by atoms with van der Waals surface area (Å²) in [5, 5.41) is 13.4. The second-order valence-corrected chi connectivity index (χ2v) is 4.09. The van der Waals surface area contributed by atoms with Gasteiger partial charge < -0.3 is 10.4 Å².